The number of primary amides is 1. The number of aromatic nitrogens is 1. The lowest BCUT2D eigenvalue weighted by atomic mass is 9.94. The van der Waals surface area contributed by atoms with Gasteiger partial charge in [-0.15, -0.1) is 0 Å². The number of aromatic amines is 1. The molecule has 10 heteroatoms. The summed E-state index contributed by atoms with van der Waals surface area (Å²) in [5.41, 5.74) is 7.90. The van der Waals surface area contributed by atoms with E-state index in [1.165, 1.54) is 0 Å². The van der Waals surface area contributed by atoms with Crippen LogP contribution in [0, 0.1) is 5.92 Å². The zero-order valence-corrected chi connectivity index (χ0v) is 19.1. The van der Waals surface area contributed by atoms with E-state index in [1.807, 2.05) is 30.5 Å². The number of piperidine rings is 1. The van der Waals surface area contributed by atoms with Gasteiger partial charge in [-0.3, -0.25) is 9.59 Å². The number of benzene rings is 2. The molecule has 0 saturated carbocycles. The highest BCUT2D eigenvalue weighted by atomic mass is 16.7. The fourth-order valence-corrected chi connectivity index (χ4v) is 4.69. The van der Waals surface area contributed by atoms with Crippen molar-refractivity contribution in [2.45, 2.75) is 25.3 Å². The first-order chi connectivity index (χ1) is 17.0. The lowest BCUT2D eigenvalue weighted by Crippen LogP contribution is -2.53. The van der Waals surface area contributed by atoms with Crippen LogP contribution < -0.4 is 25.8 Å². The van der Waals surface area contributed by atoms with Gasteiger partial charge in [0, 0.05) is 54.3 Å². The standard InChI is InChI=1S/C25H27N5O5/c26-25(33)29-20(11-16-13-27-19-4-2-1-3-18(16)19)24(32)30-9-7-15(8-10-30)23(31)28-17-5-6-21-22(12-17)35-14-34-21/h1-6,12-13,15,20,27H,7-11,14H2,(H,28,31)(H3,26,29,33). The summed E-state index contributed by atoms with van der Waals surface area (Å²) in [7, 11) is 0. The molecule has 5 rings (SSSR count). The highest BCUT2D eigenvalue weighted by Crippen LogP contribution is 2.34. The van der Waals surface area contributed by atoms with E-state index in [9.17, 15) is 14.4 Å². The zero-order valence-electron chi connectivity index (χ0n) is 19.1. The summed E-state index contributed by atoms with van der Waals surface area (Å²) >= 11 is 0. The number of anilines is 1. The molecule has 1 aromatic heterocycles. The monoisotopic (exact) mass is 477 g/mol. The predicted octanol–water partition coefficient (Wildman–Crippen LogP) is 2.35. The van der Waals surface area contributed by atoms with E-state index in [4.69, 9.17) is 15.2 Å². The Labute approximate surface area is 201 Å². The molecule has 2 aromatic carbocycles. The summed E-state index contributed by atoms with van der Waals surface area (Å²) in [4.78, 5) is 42.6. The van der Waals surface area contributed by atoms with Crippen LogP contribution in [0.2, 0.25) is 0 Å². The molecule has 2 aliphatic heterocycles. The molecule has 5 N–H and O–H groups in total. The van der Waals surface area contributed by atoms with Crippen molar-refractivity contribution in [1.29, 1.82) is 0 Å². The molecule has 0 spiro atoms. The summed E-state index contributed by atoms with van der Waals surface area (Å²) in [6, 6.07) is 11.5. The normalized spacial score (nSPS) is 16.2. The first-order valence-electron chi connectivity index (χ1n) is 11.6. The van der Waals surface area contributed by atoms with Crippen molar-refractivity contribution in [2.24, 2.45) is 11.7 Å². The number of carbonyl (C=O) groups excluding carboxylic acids is 3. The topological polar surface area (TPSA) is 139 Å². The molecule has 1 fully saturated rings. The van der Waals surface area contributed by atoms with Crippen molar-refractivity contribution in [3.05, 3.63) is 54.2 Å². The Morgan fingerprint density at radius 2 is 1.86 bits per heavy atom. The van der Waals surface area contributed by atoms with Crippen LogP contribution in [-0.2, 0) is 16.0 Å². The molecule has 10 nitrogen and oxygen atoms in total. The zero-order chi connectivity index (χ0) is 24.4. The molecule has 0 radical (unpaired) electrons. The molecule has 182 valence electrons. The molecule has 3 heterocycles. The van der Waals surface area contributed by atoms with Crippen LogP contribution in [0.5, 0.6) is 11.5 Å². The van der Waals surface area contributed by atoms with Gasteiger partial charge in [0.2, 0.25) is 18.6 Å². The van der Waals surface area contributed by atoms with Gasteiger partial charge in [-0.1, -0.05) is 18.2 Å². The van der Waals surface area contributed by atoms with Crippen LogP contribution in [0.1, 0.15) is 18.4 Å². The van der Waals surface area contributed by atoms with E-state index < -0.39 is 12.1 Å². The van der Waals surface area contributed by atoms with E-state index in [1.54, 1.807) is 23.1 Å². The molecule has 1 unspecified atom stereocenters. The molecule has 1 saturated heterocycles. The number of nitrogens with two attached hydrogens (primary N) is 1. The van der Waals surface area contributed by atoms with Crippen molar-refractivity contribution >= 4 is 34.4 Å². The maximum absolute atomic E-state index is 13.3. The fraction of sp³-hybridized carbons (Fsp3) is 0.320. The highest BCUT2D eigenvalue weighted by Gasteiger charge is 2.32. The average molecular weight is 478 g/mol. The van der Waals surface area contributed by atoms with Gasteiger partial charge in [-0.25, -0.2) is 4.79 Å². The summed E-state index contributed by atoms with van der Waals surface area (Å²) in [5, 5.41) is 6.52. The van der Waals surface area contributed by atoms with Crippen molar-refractivity contribution in [1.82, 2.24) is 15.2 Å². The van der Waals surface area contributed by atoms with Crippen molar-refractivity contribution in [3.63, 3.8) is 0 Å². The van der Waals surface area contributed by atoms with E-state index in [0.29, 0.717) is 49.5 Å². The second kappa shape index (κ2) is 9.57. The van der Waals surface area contributed by atoms with Gasteiger partial charge in [-0.05, 0) is 36.6 Å². The quantitative estimate of drug-likeness (QED) is 0.432. The number of hydrogen-bond acceptors (Lipinski definition) is 5. The summed E-state index contributed by atoms with van der Waals surface area (Å²) in [5.74, 6) is 0.735. The number of ether oxygens (including phenoxy) is 2. The number of rotatable bonds is 6. The van der Waals surface area contributed by atoms with Gasteiger partial charge >= 0.3 is 6.03 Å². The summed E-state index contributed by atoms with van der Waals surface area (Å²) in [6.45, 7) is 1.01. The van der Waals surface area contributed by atoms with E-state index >= 15 is 0 Å². The summed E-state index contributed by atoms with van der Waals surface area (Å²) in [6.07, 6.45) is 3.22. The van der Waals surface area contributed by atoms with Gasteiger partial charge < -0.3 is 35.7 Å². The van der Waals surface area contributed by atoms with Crippen molar-refractivity contribution < 1.29 is 23.9 Å². The number of para-hydroxylation sites is 1. The first kappa shape index (κ1) is 22.6. The van der Waals surface area contributed by atoms with Crippen LogP contribution in [0.15, 0.2) is 48.7 Å². The Kier molecular flexibility index (Phi) is 6.17. The third kappa shape index (κ3) is 4.86. The summed E-state index contributed by atoms with van der Waals surface area (Å²) < 4.78 is 10.7. The van der Waals surface area contributed by atoms with Crippen LogP contribution >= 0.6 is 0 Å². The number of urea groups is 1. The largest absolute Gasteiger partial charge is 0.454 e. The van der Waals surface area contributed by atoms with Crippen LogP contribution in [0.3, 0.4) is 0 Å². The van der Waals surface area contributed by atoms with Crippen molar-refractivity contribution in [2.75, 3.05) is 25.2 Å². The Balaban J connectivity index is 1.20. The predicted molar refractivity (Wildman–Crippen MR) is 129 cm³/mol. The number of likely N-dealkylation sites (tertiary alicyclic amines) is 1. The second-order valence-electron chi connectivity index (χ2n) is 8.78. The van der Waals surface area contributed by atoms with Crippen LogP contribution in [0.25, 0.3) is 10.9 Å². The van der Waals surface area contributed by atoms with E-state index in [2.05, 4.69) is 15.6 Å². The van der Waals surface area contributed by atoms with E-state index in [-0.39, 0.29) is 24.5 Å². The second-order valence-corrected chi connectivity index (χ2v) is 8.78. The van der Waals surface area contributed by atoms with Gasteiger partial charge in [0.15, 0.2) is 11.5 Å². The Bertz CT molecular complexity index is 1260. The number of amides is 4. The minimum absolute atomic E-state index is 0.0958. The van der Waals surface area contributed by atoms with Gasteiger partial charge in [0.05, 0.1) is 0 Å². The number of H-pyrrole nitrogens is 1. The molecule has 35 heavy (non-hydrogen) atoms. The molecule has 4 amide bonds. The lowest BCUT2D eigenvalue weighted by Gasteiger charge is -2.33. The van der Waals surface area contributed by atoms with Crippen LogP contribution in [-0.4, -0.2) is 53.7 Å². The first-order valence-corrected chi connectivity index (χ1v) is 11.6. The minimum Gasteiger partial charge on any atom is -0.454 e. The maximum Gasteiger partial charge on any atom is 0.312 e. The molecule has 0 bridgehead atoms. The minimum atomic E-state index is -0.786. The number of hydrogen-bond donors (Lipinski definition) is 4. The number of nitrogens with zero attached hydrogens (tertiary/aromatic N) is 1. The highest BCUT2D eigenvalue weighted by molar-refractivity contribution is 5.93. The molecule has 0 aliphatic carbocycles. The third-order valence-electron chi connectivity index (χ3n) is 6.53. The molecular formula is C25H27N5O5. The average Bonchev–Trinajstić information content (AvgIpc) is 3.50. The molecular weight excluding hydrogens is 450 g/mol. The maximum atomic E-state index is 13.3. The number of fused-ring (bicyclic) bond motifs is 2. The Morgan fingerprint density at radius 3 is 2.66 bits per heavy atom. The Hall–Kier alpha value is -4.21. The smallest absolute Gasteiger partial charge is 0.312 e. The van der Waals surface area contributed by atoms with Crippen LogP contribution in [0.4, 0.5) is 10.5 Å². The number of nitrogens with one attached hydrogen (secondary N) is 3. The van der Waals surface area contributed by atoms with Gasteiger partial charge in [0.25, 0.3) is 0 Å². The SMILES string of the molecule is NC(=O)NC(Cc1c[nH]c2ccccc12)C(=O)N1CCC(C(=O)Nc2ccc3c(c2)OCO3)CC1. The van der Waals surface area contributed by atoms with Gasteiger partial charge in [-0.2, -0.15) is 0 Å². The van der Waals surface area contributed by atoms with E-state index in [0.717, 1.165) is 16.5 Å². The molecule has 3 aromatic rings. The van der Waals surface area contributed by atoms with Crippen molar-refractivity contribution in [3.8, 4) is 11.5 Å². The third-order valence-corrected chi connectivity index (χ3v) is 6.53. The fourth-order valence-electron chi connectivity index (χ4n) is 4.69. The molecule has 1 atom stereocenters. The van der Waals surface area contributed by atoms with Gasteiger partial charge in [0.1, 0.15) is 6.04 Å². The number of carbonyl (C=O) groups is 3. The Morgan fingerprint density at radius 1 is 1.09 bits per heavy atom. The molecule has 2 aliphatic rings. The lowest BCUT2D eigenvalue weighted by molar-refractivity contribution is -0.136.